The van der Waals surface area contributed by atoms with Crippen molar-refractivity contribution in [3.63, 3.8) is 0 Å². The first-order valence-corrected chi connectivity index (χ1v) is 6.06. The third kappa shape index (κ3) is 3.07. The van der Waals surface area contributed by atoms with Gasteiger partial charge in [0, 0.05) is 0 Å². The highest BCUT2D eigenvalue weighted by Gasteiger charge is 2.19. The number of thiocarbonyl (C=S) groups is 1. The van der Waals surface area contributed by atoms with Crippen LogP contribution in [0.2, 0.25) is 0 Å². The zero-order valence-corrected chi connectivity index (χ0v) is 11.0. The van der Waals surface area contributed by atoms with Crippen molar-refractivity contribution in [1.82, 2.24) is 10.6 Å². The van der Waals surface area contributed by atoms with E-state index < -0.39 is 0 Å². The summed E-state index contributed by atoms with van der Waals surface area (Å²) in [7, 11) is 0. The second kappa shape index (κ2) is 5.18. The molecule has 0 bridgehead atoms. The molecule has 1 aliphatic heterocycles. The molecule has 18 heavy (non-hydrogen) atoms. The van der Waals surface area contributed by atoms with E-state index in [4.69, 9.17) is 17.0 Å². The van der Waals surface area contributed by atoms with E-state index in [-0.39, 0.29) is 12.0 Å². The molecule has 1 aliphatic rings. The van der Waals surface area contributed by atoms with E-state index in [0.29, 0.717) is 10.8 Å². The lowest BCUT2D eigenvalue weighted by Gasteiger charge is -2.09. The quantitative estimate of drug-likeness (QED) is 0.644. The lowest BCUT2D eigenvalue weighted by Crippen LogP contribution is -2.21. The summed E-state index contributed by atoms with van der Waals surface area (Å²) in [6.45, 7) is 3.95. The van der Waals surface area contributed by atoms with Crippen molar-refractivity contribution in [3.05, 3.63) is 35.5 Å². The van der Waals surface area contributed by atoms with E-state index in [1.807, 2.05) is 38.1 Å². The van der Waals surface area contributed by atoms with Crippen molar-refractivity contribution in [1.29, 1.82) is 0 Å². The van der Waals surface area contributed by atoms with Crippen LogP contribution in [-0.2, 0) is 4.79 Å². The Hall–Kier alpha value is -1.88. The van der Waals surface area contributed by atoms with Crippen LogP contribution in [0.1, 0.15) is 19.4 Å². The number of benzene rings is 1. The van der Waals surface area contributed by atoms with Gasteiger partial charge >= 0.3 is 0 Å². The number of rotatable bonds is 3. The molecule has 1 aromatic carbocycles. The normalized spacial score (nSPS) is 16.9. The van der Waals surface area contributed by atoms with Crippen molar-refractivity contribution in [2.75, 3.05) is 0 Å². The molecule has 1 fully saturated rings. The summed E-state index contributed by atoms with van der Waals surface area (Å²) >= 11 is 4.85. The smallest absolute Gasteiger partial charge is 0.273 e. The van der Waals surface area contributed by atoms with Crippen LogP contribution >= 0.6 is 12.2 Å². The van der Waals surface area contributed by atoms with Crippen molar-refractivity contribution >= 4 is 29.3 Å². The number of carbonyl (C=O) groups excluding carboxylic acids is 1. The molecule has 1 aromatic rings. The Kier molecular flexibility index (Phi) is 3.62. The van der Waals surface area contributed by atoms with E-state index in [0.717, 1.165) is 11.3 Å². The van der Waals surface area contributed by atoms with Gasteiger partial charge in [-0.1, -0.05) is 12.1 Å². The fourth-order valence-corrected chi connectivity index (χ4v) is 1.77. The third-order valence-electron chi connectivity index (χ3n) is 2.28. The Bertz CT molecular complexity index is 506. The predicted octanol–water partition coefficient (Wildman–Crippen LogP) is 1.82. The molecular formula is C13H14N2O2S. The Labute approximate surface area is 111 Å². The van der Waals surface area contributed by atoms with Gasteiger partial charge in [-0.15, -0.1) is 0 Å². The van der Waals surface area contributed by atoms with Crippen molar-refractivity contribution in [2.24, 2.45) is 0 Å². The lowest BCUT2D eigenvalue weighted by atomic mass is 10.2. The molecule has 0 saturated carbocycles. The molecule has 0 radical (unpaired) electrons. The molecular weight excluding hydrogens is 248 g/mol. The molecule has 1 heterocycles. The summed E-state index contributed by atoms with van der Waals surface area (Å²) in [5.74, 6) is 0.606. The minimum absolute atomic E-state index is 0.147. The van der Waals surface area contributed by atoms with Gasteiger partial charge in [-0.3, -0.25) is 10.1 Å². The van der Waals surface area contributed by atoms with Gasteiger partial charge in [0.25, 0.3) is 5.91 Å². The van der Waals surface area contributed by atoms with Crippen LogP contribution in [0.4, 0.5) is 0 Å². The van der Waals surface area contributed by atoms with Crippen LogP contribution in [-0.4, -0.2) is 17.1 Å². The Balaban J connectivity index is 2.13. The van der Waals surface area contributed by atoms with Crippen LogP contribution in [0.3, 0.4) is 0 Å². The van der Waals surface area contributed by atoms with Crippen LogP contribution in [0.5, 0.6) is 5.75 Å². The van der Waals surface area contributed by atoms with Gasteiger partial charge in [-0.2, -0.15) is 0 Å². The van der Waals surface area contributed by atoms with Crippen LogP contribution < -0.4 is 15.4 Å². The number of hydrogen-bond acceptors (Lipinski definition) is 3. The number of carbonyl (C=O) groups is 1. The molecule has 1 amide bonds. The molecule has 5 heteroatoms. The number of hydrogen-bond donors (Lipinski definition) is 2. The standard InChI is InChI=1S/C13H14N2O2S/c1-8(2)17-10-5-3-9(4-6-10)7-11-12(16)15-13(18)14-11/h3-8H,1-2H3,(H2,14,15,16,18)/b11-7+. The minimum atomic E-state index is -0.206. The maximum atomic E-state index is 11.4. The van der Waals surface area contributed by atoms with Crippen LogP contribution in [0.25, 0.3) is 6.08 Å². The predicted molar refractivity (Wildman–Crippen MR) is 74.1 cm³/mol. The Morgan fingerprint density at radius 2 is 1.89 bits per heavy atom. The highest BCUT2D eigenvalue weighted by molar-refractivity contribution is 7.80. The van der Waals surface area contributed by atoms with E-state index in [1.54, 1.807) is 6.08 Å². The number of nitrogens with one attached hydrogen (secondary N) is 2. The fraction of sp³-hybridized carbons (Fsp3) is 0.231. The highest BCUT2D eigenvalue weighted by Crippen LogP contribution is 2.16. The summed E-state index contributed by atoms with van der Waals surface area (Å²) in [5, 5.41) is 5.65. The summed E-state index contributed by atoms with van der Waals surface area (Å²) < 4.78 is 5.54. The largest absolute Gasteiger partial charge is 0.491 e. The first kappa shape index (κ1) is 12.6. The van der Waals surface area contributed by atoms with Crippen molar-refractivity contribution < 1.29 is 9.53 Å². The van der Waals surface area contributed by atoms with E-state index in [9.17, 15) is 4.79 Å². The average molecular weight is 262 g/mol. The maximum absolute atomic E-state index is 11.4. The van der Waals surface area contributed by atoms with Gasteiger partial charge in [0.2, 0.25) is 0 Å². The van der Waals surface area contributed by atoms with E-state index in [1.165, 1.54) is 0 Å². The fourth-order valence-electron chi connectivity index (χ4n) is 1.56. The van der Waals surface area contributed by atoms with Crippen molar-refractivity contribution in [3.8, 4) is 5.75 Å². The molecule has 0 aromatic heterocycles. The molecule has 0 aliphatic carbocycles. The summed E-state index contributed by atoms with van der Waals surface area (Å²) in [6, 6.07) is 7.53. The summed E-state index contributed by atoms with van der Waals surface area (Å²) in [4.78, 5) is 11.4. The monoisotopic (exact) mass is 262 g/mol. The molecule has 94 valence electrons. The van der Waals surface area contributed by atoms with Gasteiger partial charge < -0.3 is 10.1 Å². The SMILES string of the molecule is CC(C)Oc1ccc(/C=C2/NC(=S)NC2=O)cc1. The molecule has 0 atom stereocenters. The molecule has 2 N–H and O–H groups in total. The van der Waals surface area contributed by atoms with Gasteiger partial charge in [-0.25, -0.2) is 0 Å². The molecule has 4 nitrogen and oxygen atoms in total. The minimum Gasteiger partial charge on any atom is -0.491 e. The van der Waals surface area contributed by atoms with Crippen molar-refractivity contribution in [2.45, 2.75) is 20.0 Å². The van der Waals surface area contributed by atoms with Crippen LogP contribution in [0, 0.1) is 0 Å². The van der Waals surface area contributed by atoms with Gasteiger partial charge in [0.05, 0.1) is 6.10 Å². The van der Waals surface area contributed by atoms with Gasteiger partial charge in [-0.05, 0) is 49.8 Å². The number of ether oxygens (including phenoxy) is 1. The summed E-state index contributed by atoms with van der Waals surface area (Å²) in [5.41, 5.74) is 1.37. The average Bonchev–Trinajstić information content (AvgIpc) is 2.59. The second-order valence-electron chi connectivity index (χ2n) is 4.20. The molecule has 1 saturated heterocycles. The van der Waals surface area contributed by atoms with Gasteiger partial charge in [0.1, 0.15) is 11.4 Å². The molecule has 0 unspecified atom stereocenters. The first-order chi connectivity index (χ1) is 8.54. The topological polar surface area (TPSA) is 50.4 Å². The highest BCUT2D eigenvalue weighted by atomic mass is 32.1. The zero-order valence-electron chi connectivity index (χ0n) is 10.2. The van der Waals surface area contributed by atoms with E-state index in [2.05, 4.69) is 10.6 Å². The molecule has 2 rings (SSSR count). The van der Waals surface area contributed by atoms with Gasteiger partial charge in [0.15, 0.2) is 5.11 Å². The lowest BCUT2D eigenvalue weighted by molar-refractivity contribution is -0.115. The van der Waals surface area contributed by atoms with Crippen LogP contribution in [0.15, 0.2) is 30.0 Å². The third-order valence-corrected chi connectivity index (χ3v) is 2.49. The second-order valence-corrected chi connectivity index (χ2v) is 4.61. The molecule has 0 spiro atoms. The maximum Gasteiger partial charge on any atom is 0.273 e. The zero-order chi connectivity index (χ0) is 13.1. The summed E-state index contributed by atoms with van der Waals surface area (Å²) in [6.07, 6.45) is 1.89. The van der Waals surface area contributed by atoms with E-state index >= 15 is 0 Å². The Morgan fingerprint density at radius 1 is 1.22 bits per heavy atom. The Morgan fingerprint density at radius 3 is 2.39 bits per heavy atom. The number of amides is 1. The first-order valence-electron chi connectivity index (χ1n) is 5.65.